The lowest BCUT2D eigenvalue weighted by Crippen LogP contribution is -2.10. The van der Waals surface area contributed by atoms with Crippen LogP contribution in [0.5, 0.6) is 17.2 Å². The fourth-order valence-electron chi connectivity index (χ4n) is 3.72. The molecule has 0 aliphatic heterocycles. The van der Waals surface area contributed by atoms with Crippen LogP contribution in [0.25, 0.3) is 22.3 Å². The van der Waals surface area contributed by atoms with Crippen LogP contribution in [-0.2, 0) is 13.2 Å². The summed E-state index contributed by atoms with van der Waals surface area (Å²) >= 11 is 0. The van der Waals surface area contributed by atoms with Crippen molar-refractivity contribution in [3.8, 4) is 28.6 Å². The van der Waals surface area contributed by atoms with Crippen molar-refractivity contribution in [1.29, 1.82) is 0 Å². The Morgan fingerprint density at radius 1 is 0.706 bits per heavy atom. The van der Waals surface area contributed by atoms with Gasteiger partial charge >= 0.3 is 0 Å². The van der Waals surface area contributed by atoms with E-state index in [1.807, 2.05) is 91.0 Å². The highest BCUT2D eigenvalue weighted by molar-refractivity contribution is 5.88. The molecule has 0 radical (unpaired) electrons. The van der Waals surface area contributed by atoms with E-state index in [-0.39, 0.29) is 29.1 Å². The quantitative estimate of drug-likeness (QED) is 0.314. The second-order valence-electron chi connectivity index (χ2n) is 7.82. The third-order valence-corrected chi connectivity index (χ3v) is 5.42. The molecule has 0 fully saturated rings. The third-order valence-electron chi connectivity index (χ3n) is 5.42. The van der Waals surface area contributed by atoms with E-state index < -0.39 is 5.43 Å². The van der Waals surface area contributed by atoms with E-state index in [1.165, 1.54) is 6.07 Å². The molecule has 0 atom stereocenters. The van der Waals surface area contributed by atoms with Gasteiger partial charge < -0.3 is 19.0 Å². The Kier molecular flexibility index (Phi) is 5.99. The van der Waals surface area contributed by atoms with Gasteiger partial charge in [0.2, 0.25) is 11.2 Å². The first-order valence-electron chi connectivity index (χ1n) is 10.9. The average Bonchev–Trinajstić information content (AvgIpc) is 2.88. The van der Waals surface area contributed by atoms with Crippen molar-refractivity contribution in [1.82, 2.24) is 0 Å². The summed E-state index contributed by atoms with van der Waals surface area (Å²) < 4.78 is 18.0. The summed E-state index contributed by atoms with van der Waals surface area (Å²) in [6, 6.07) is 31.6. The summed E-state index contributed by atoms with van der Waals surface area (Å²) in [7, 11) is 0. The second kappa shape index (κ2) is 9.55. The molecule has 0 aliphatic rings. The van der Waals surface area contributed by atoms with Crippen molar-refractivity contribution < 1.29 is 19.0 Å². The van der Waals surface area contributed by atoms with Gasteiger partial charge in [-0.15, -0.1) is 0 Å². The van der Waals surface area contributed by atoms with E-state index in [9.17, 15) is 9.90 Å². The van der Waals surface area contributed by atoms with Gasteiger partial charge in [0, 0.05) is 17.7 Å². The molecule has 4 aromatic carbocycles. The van der Waals surface area contributed by atoms with E-state index in [4.69, 9.17) is 13.9 Å². The maximum Gasteiger partial charge on any atom is 0.239 e. The molecule has 0 bridgehead atoms. The average molecular weight is 450 g/mol. The van der Waals surface area contributed by atoms with Gasteiger partial charge in [0.05, 0.1) is 0 Å². The number of aromatic hydroxyl groups is 1. The largest absolute Gasteiger partial charge is 0.507 e. The number of fused-ring (bicyclic) bond motifs is 1. The molecule has 0 spiro atoms. The molecule has 5 aromatic rings. The van der Waals surface area contributed by atoms with E-state index in [1.54, 1.807) is 6.07 Å². The Morgan fingerprint density at radius 2 is 1.26 bits per heavy atom. The van der Waals surface area contributed by atoms with Crippen molar-refractivity contribution in [3.05, 3.63) is 124 Å². The first-order valence-corrected chi connectivity index (χ1v) is 10.9. The number of ether oxygens (including phenoxy) is 2. The van der Waals surface area contributed by atoms with Crippen LogP contribution in [0.15, 0.2) is 112 Å². The molecule has 0 amide bonds. The fraction of sp³-hybridized carbons (Fsp3) is 0.0690. The fourth-order valence-corrected chi connectivity index (χ4v) is 3.72. The van der Waals surface area contributed by atoms with Gasteiger partial charge in [-0.05, 0) is 11.1 Å². The zero-order valence-corrected chi connectivity index (χ0v) is 18.3. The lowest BCUT2D eigenvalue weighted by molar-refractivity contribution is 0.296. The zero-order chi connectivity index (χ0) is 23.3. The lowest BCUT2D eigenvalue weighted by atomic mass is 10.1. The first kappa shape index (κ1) is 21.3. The summed E-state index contributed by atoms with van der Waals surface area (Å²) in [5.41, 5.74) is 2.37. The summed E-state index contributed by atoms with van der Waals surface area (Å²) in [6.07, 6.45) is 0. The molecule has 0 aliphatic carbocycles. The van der Waals surface area contributed by atoms with Crippen LogP contribution in [0.4, 0.5) is 0 Å². The predicted molar refractivity (Wildman–Crippen MR) is 131 cm³/mol. The van der Waals surface area contributed by atoms with Crippen LogP contribution < -0.4 is 14.9 Å². The van der Waals surface area contributed by atoms with Crippen LogP contribution >= 0.6 is 0 Å². The molecule has 0 saturated heterocycles. The Labute approximate surface area is 196 Å². The molecule has 0 saturated carbocycles. The van der Waals surface area contributed by atoms with Gasteiger partial charge in [0.1, 0.15) is 35.7 Å². The van der Waals surface area contributed by atoms with Gasteiger partial charge in [0.25, 0.3) is 0 Å². The highest BCUT2D eigenvalue weighted by Crippen LogP contribution is 2.36. The minimum Gasteiger partial charge on any atom is -0.507 e. The van der Waals surface area contributed by atoms with Crippen LogP contribution in [-0.4, -0.2) is 5.11 Å². The smallest absolute Gasteiger partial charge is 0.239 e. The maximum atomic E-state index is 13.5. The van der Waals surface area contributed by atoms with Gasteiger partial charge in [0.15, 0.2) is 5.76 Å². The Morgan fingerprint density at radius 3 is 1.88 bits per heavy atom. The predicted octanol–water partition coefficient (Wildman–Crippen LogP) is 6.32. The molecule has 5 nitrogen and oxygen atoms in total. The van der Waals surface area contributed by atoms with E-state index in [2.05, 4.69) is 0 Å². The van der Waals surface area contributed by atoms with Gasteiger partial charge in [-0.1, -0.05) is 91.0 Å². The molecule has 5 heteroatoms. The molecule has 1 N–H and O–H groups in total. The number of hydrogen-bond donors (Lipinski definition) is 1. The monoisotopic (exact) mass is 450 g/mol. The maximum absolute atomic E-state index is 13.5. The van der Waals surface area contributed by atoms with Crippen molar-refractivity contribution in [2.45, 2.75) is 13.2 Å². The number of phenols is 1. The topological polar surface area (TPSA) is 68.9 Å². The zero-order valence-electron chi connectivity index (χ0n) is 18.3. The SMILES string of the molecule is O=c1c(OCc2ccccc2)c(-c2ccccc2)oc2cc(OCc3ccccc3)cc(O)c12. The van der Waals surface area contributed by atoms with Crippen molar-refractivity contribution in [2.75, 3.05) is 0 Å². The molecule has 34 heavy (non-hydrogen) atoms. The van der Waals surface area contributed by atoms with Crippen LogP contribution in [0.1, 0.15) is 11.1 Å². The Hall–Kier alpha value is -4.51. The highest BCUT2D eigenvalue weighted by Gasteiger charge is 2.21. The third kappa shape index (κ3) is 4.50. The van der Waals surface area contributed by atoms with E-state index in [0.29, 0.717) is 23.7 Å². The molecule has 168 valence electrons. The minimum absolute atomic E-state index is 0.0507. The second-order valence-corrected chi connectivity index (χ2v) is 7.82. The molecule has 5 rings (SSSR count). The number of phenolic OH excluding ortho intramolecular Hbond substituents is 1. The van der Waals surface area contributed by atoms with Crippen molar-refractivity contribution in [3.63, 3.8) is 0 Å². The molecule has 0 unspecified atom stereocenters. The van der Waals surface area contributed by atoms with Crippen molar-refractivity contribution in [2.24, 2.45) is 0 Å². The van der Waals surface area contributed by atoms with E-state index >= 15 is 0 Å². The summed E-state index contributed by atoms with van der Waals surface area (Å²) in [5.74, 6) is 0.525. The molecular weight excluding hydrogens is 428 g/mol. The number of benzene rings is 4. The van der Waals surface area contributed by atoms with Gasteiger partial charge in [-0.2, -0.15) is 0 Å². The van der Waals surface area contributed by atoms with Crippen molar-refractivity contribution >= 4 is 11.0 Å². The molecule has 1 aromatic heterocycles. The lowest BCUT2D eigenvalue weighted by Gasteiger charge is -2.13. The van der Waals surface area contributed by atoms with Gasteiger partial charge in [-0.25, -0.2) is 0 Å². The molecular formula is C29H22O5. The normalized spacial score (nSPS) is 10.8. The van der Waals surface area contributed by atoms with E-state index in [0.717, 1.165) is 11.1 Å². The Bertz CT molecular complexity index is 1460. The first-order chi connectivity index (χ1) is 16.7. The number of rotatable bonds is 7. The summed E-state index contributed by atoms with van der Waals surface area (Å²) in [4.78, 5) is 13.5. The van der Waals surface area contributed by atoms with Crippen LogP contribution in [0.2, 0.25) is 0 Å². The number of hydrogen-bond acceptors (Lipinski definition) is 5. The summed E-state index contributed by atoms with van der Waals surface area (Å²) in [6.45, 7) is 0.510. The van der Waals surface area contributed by atoms with Gasteiger partial charge in [-0.3, -0.25) is 4.79 Å². The van der Waals surface area contributed by atoms with Crippen LogP contribution in [0, 0.1) is 0 Å². The standard InChI is InChI=1S/C29H22O5/c30-24-16-23(32-18-20-10-4-1-5-11-20)17-25-26(24)27(31)29(33-19-21-12-6-2-7-13-21)28(34-25)22-14-8-3-9-15-22/h1-17,30H,18-19H2. The van der Waals surface area contributed by atoms with Crippen LogP contribution in [0.3, 0.4) is 0 Å². The Balaban J connectivity index is 1.57. The minimum atomic E-state index is -0.442. The highest BCUT2D eigenvalue weighted by atomic mass is 16.5. The summed E-state index contributed by atoms with van der Waals surface area (Å²) in [5, 5.41) is 10.8. The molecule has 1 heterocycles.